The molecule has 1 heterocycles. The smallest absolute Gasteiger partial charge is 0.138 e. The molecule has 1 saturated carbocycles. The molecule has 0 radical (unpaired) electrons. The summed E-state index contributed by atoms with van der Waals surface area (Å²) in [5.74, 6) is 1.54. The maximum absolute atomic E-state index is 4.17. The van der Waals surface area contributed by atoms with Crippen molar-refractivity contribution >= 4 is 0 Å². The van der Waals surface area contributed by atoms with Crippen molar-refractivity contribution < 1.29 is 0 Å². The molecule has 1 aliphatic carbocycles. The summed E-state index contributed by atoms with van der Waals surface area (Å²) >= 11 is 0. The fourth-order valence-corrected chi connectivity index (χ4v) is 3.02. The van der Waals surface area contributed by atoms with E-state index in [-0.39, 0.29) is 0 Å². The van der Waals surface area contributed by atoms with Crippen molar-refractivity contribution in [1.29, 1.82) is 0 Å². The first kappa shape index (κ1) is 12.4. The van der Waals surface area contributed by atoms with Gasteiger partial charge in [-0.05, 0) is 24.3 Å². The number of rotatable bonds is 4. The van der Waals surface area contributed by atoms with Crippen LogP contribution < -0.4 is 5.32 Å². The Labute approximate surface area is 113 Å². The van der Waals surface area contributed by atoms with Crippen LogP contribution in [0.5, 0.6) is 0 Å². The standard InChI is InChI=1S/C15H20N4/c1-2-6-12(7-3-1)13-8-4-5-9-14(13)16-10-15-17-11-18-19-15/h1-3,6-7,11,13-14,16H,4-5,8-10H2,(H,17,18,19). The van der Waals surface area contributed by atoms with Gasteiger partial charge in [0.15, 0.2) is 0 Å². The number of nitrogens with zero attached hydrogens (tertiary/aromatic N) is 2. The van der Waals surface area contributed by atoms with Crippen LogP contribution in [0.4, 0.5) is 0 Å². The third-order valence-electron chi connectivity index (χ3n) is 3.99. The first-order valence-corrected chi connectivity index (χ1v) is 7.06. The molecule has 1 aromatic carbocycles. The van der Waals surface area contributed by atoms with Crippen molar-refractivity contribution in [2.24, 2.45) is 0 Å². The molecule has 2 aromatic rings. The van der Waals surface area contributed by atoms with Crippen molar-refractivity contribution in [3.05, 3.63) is 48.0 Å². The van der Waals surface area contributed by atoms with Gasteiger partial charge in [0.05, 0.1) is 6.54 Å². The summed E-state index contributed by atoms with van der Waals surface area (Å²) in [6.07, 6.45) is 6.73. The lowest BCUT2D eigenvalue weighted by molar-refractivity contribution is 0.324. The molecule has 1 fully saturated rings. The van der Waals surface area contributed by atoms with E-state index in [9.17, 15) is 0 Å². The molecule has 100 valence electrons. The summed E-state index contributed by atoms with van der Waals surface area (Å²) in [7, 11) is 0. The topological polar surface area (TPSA) is 53.6 Å². The van der Waals surface area contributed by atoms with E-state index in [4.69, 9.17) is 0 Å². The van der Waals surface area contributed by atoms with Gasteiger partial charge in [-0.2, -0.15) is 5.10 Å². The lowest BCUT2D eigenvalue weighted by Gasteiger charge is -2.32. The van der Waals surface area contributed by atoms with Crippen molar-refractivity contribution in [3.63, 3.8) is 0 Å². The fraction of sp³-hybridized carbons (Fsp3) is 0.467. The third kappa shape index (κ3) is 3.01. The van der Waals surface area contributed by atoms with Crippen molar-refractivity contribution in [1.82, 2.24) is 20.5 Å². The number of aromatic nitrogens is 3. The van der Waals surface area contributed by atoms with Crippen molar-refractivity contribution in [2.75, 3.05) is 0 Å². The van der Waals surface area contributed by atoms with Gasteiger partial charge in [-0.3, -0.25) is 5.10 Å². The Morgan fingerprint density at radius 3 is 2.79 bits per heavy atom. The van der Waals surface area contributed by atoms with Crippen LogP contribution in [0.2, 0.25) is 0 Å². The minimum Gasteiger partial charge on any atom is -0.306 e. The van der Waals surface area contributed by atoms with E-state index in [1.807, 2.05) is 0 Å². The molecule has 1 aliphatic rings. The first-order valence-electron chi connectivity index (χ1n) is 7.06. The Kier molecular flexibility index (Phi) is 3.89. The van der Waals surface area contributed by atoms with Crippen LogP contribution in [0.3, 0.4) is 0 Å². The molecule has 2 atom stereocenters. The molecule has 2 unspecified atom stereocenters. The van der Waals surface area contributed by atoms with Gasteiger partial charge in [0.25, 0.3) is 0 Å². The lowest BCUT2D eigenvalue weighted by atomic mass is 9.80. The highest BCUT2D eigenvalue weighted by Crippen LogP contribution is 2.33. The molecule has 1 aromatic heterocycles. The number of benzene rings is 1. The molecule has 2 N–H and O–H groups in total. The van der Waals surface area contributed by atoms with Crippen LogP contribution in [0.15, 0.2) is 36.7 Å². The van der Waals surface area contributed by atoms with Gasteiger partial charge in [-0.25, -0.2) is 4.98 Å². The summed E-state index contributed by atoms with van der Waals surface area (Å²) < 4.78 is 0. The molecular formula is C15H20N4. The quantitative estimate of drug-likeness (QED) is 0.884. The lowest BCUT2D eigenvalue weighted by Crippen LogP contribution is -2.37. The summed E-state index contributed by atoms with van der Waals surface area (Å²) in [6, 6.07) is 11.4. The van der Waals surface area contributed by atoms with Crippen LogP contribution in [-0.4, -0.2) is 21.2 Å². The van der Waals surface area contributed by atoms with E-state index in [2.05, 4.69) is 50.8 Å². The molecule has 4 nitrogen and oxygen atoms in total. The molecule has 3 rings (SSSR count). The van der Waals surface area contributed by atoms with Gasteiger partial charge >= 0.3 is 0 Å². The van der Waals surface area contributed by atoms with Gasteiger partial charge in [0.2, 0.25) is 0 Å². The van der Waals surface area contributed by atoms with Crippen LogP contribution in [0, 0.1) is 0 Å². The summed E-state index contributed by atoms with van der Waals surface area (Å²) in [4.78, 5) is 4.17. The number of hydrogen-bond donors (Lipinski definition) is 2. The first-order chi connectivity index (χ1) is 9.43. The average Bonchev–Trinajstić information content (AvgIpc) is 3.00. The zero-order valence-electron chi connectivity index (χ0n) is 11.0. The number of H-pyrrole nitrogens is 1. The van der Waals surface area contributed by atoms with E-state index >= 15 is 0 Å². The molecule has 0 aliphatic heterocycles. The minimum absolute atomic E-state index is 0.543. The Morgan fingerprint density at radius 1 is 1.16 bits per heavy atom. The molecule has 19 heavy (non-hydrogen) atoms. The zero-order chi connectivity index (χ0) is 12.9. The molecule has 0 amide bonds. The Balaban J connectivity index is 1.67. The molecule has 0 saturated heterocycles. The Bertz CT molecular complexity index is 480. The van der Waals surface area contributed by atoms with E-state index in [0.29, 0.717) is 12.0 Å². The van der Waals surface area contributed by atoms with Gasteiger partial charge in [-0.1, -0.05) is 43.2 Å². The molecule has 0 spiro atoms. The second-order valence-corrected chi connectivity index (χ2v) is 5.22. The monoisotopic (exact) mass is 256 g/mol. The maximum Gasteiger partial charge on any atom is 0.138 e. The molecule has 4 heteroatoms. The molecular weight excluding hydrogens is 236 g/mol. The number of hydrogen-bond acceptors (Lipinski definition) is 3. The van der Waals surface area contributed by atoms with E-state index in [1.54, 1.807) is 6.33 Å². The predicted octanol–water partition coefficient (Wildman–Crippen LogP) is 2.62. The second kappa shape index (κ2) is 5.97. The van der Waals surface area contributed by atoms with E-state index in [0.717, 1.165) is 12.4 Å². The van der Waals surface area contributed by atoms with Crippen LogP contribution in [-0.2, 0) is 6.54 Å². The Morgan fingerprint density at radius 2 is 2.00 bits per heavy atom. The maximum atomic E-state index is 4.17. The Hall–Kier alpha value is -1.68. The normalized spacial score (nSPS) is 23.4. The second-order valence-electron chi connectivity index (χ2n) is 5.22. The van der Waals surface area contributed by atoms with E-state index < -0.39 is 0 Å². The minimum atomic E-state index is 0.543. The van der Waals surface area contributed by atoms with Gasteiger partial charge in [0.1, 0.15) is 12.2 Å². The van der Waals surface area contributed by atoms with Crippen LogP contribution in [0.25, 0.3) is 0 Å². The number of aromatic amines is 1. The van der Waals surface area contributed by atoms with Crippen LogP contribution in [0.1, 0.15) is 43.0 Å². The fourth-order valence-electron chi connectivity index (χ4n) is 3.02. The summed E-state index contributed by atoms with van der Waals surface area (Å²) in [5.41, 5.74) is 1.46. The highest BCUT2D eigenvalue weighted by atomic mass is 15.2. The largest absolute Gasteiger partial charge is 0.306 e. The predicted molar refractivity (Wildman–Crippen MR) is 74.7 cm³/mol. The van der Waals surface area contributed by atoms with Gasteiger partial charge in [-0.15, -0.1) is 0 Å². The highest BCUT2D eigenvalue weighted by Gasteiger charge is 2.25. The number of nitrogens with one attached hydrogen (secondary N) is 2. The van der Waals surface area contributed by atoms with Crippen molar-refractivity contribution in [3.8, 4) is 0 Å². The van der Waals surface area contributed by atoms with Gasteiger partial charge in [0, 0.05) is 6.04 Å². The summed E-state index contributed by atoms with van der Waals surface area (Å²) in [6.45, 7) is 0.772. The van der Waals surface area contributed by atoms with Gasteiger partial charge < -0.3 is 5.32 Å². The molecule has 0 bridgehead atoms. The zero-order valence-corrected chi connectivity index (χ0v) is 11.0. The van der Waals surface area contributed by atoms with Crippen molar-refractivity contribution in [2.45, 2.75) is 44.2 Å². The third-order valence-corrected chi connectivity index (χ3v) is 3.99. The van der Waals surface area contributed by atoms with Crippen LogP contribution >= 0.6 is 0 Å². The SMILES string of the molecule is c1ccc(C2CCCCC2NCc2ncn[nH]2)cc1. The summed E-state index contributed by atoms with van der Waals surface area (Å²) in [5, 5.41) is 10.4. The van der Waals surface area contributed by atoms with E-state index in [1.165, 1.54) is 31.2 Å². The highest BCUT2D eigenvalue weighted by molar-refractivity contribution is 5.22. The average molecular weight is 256 g/mol.